The molecule has 0 heterocycles. The Balaban J connectivity index is 3.08. The summed E-state index contributed by atoms with van der Waals surface area (Å²) in [4.78, 5) is 22.8. The van der Waals surface area contributed by atoms with Crippen LogP contribution in [-0.4, -0.2) is 30.6 Å². The number of ether oxygens (including phenoxy) is 2. The molecular formula is C11H12O5. The number of carbonyl (C=O) groups excluding carboxylic acids is 2. The number of benzene rings is 1. The van der Waals surface area contributed by atoms with Gasteiger partial charge in [-0.3, -0.25) is 4.79 Å². The van der Waals surface area contributed by atoms with Crippen molar-refractivity contribution in [2.45, 2.75) is 6.92 Å². The van der Waals surface area contributed by atoms with E-state index in [0.29, 0.717) is 0 Å². The van der Waals surface area contributed by atoms with Gasteiger partial charge in [0.2, 0.25) is 0 Å². The predicted molar refractivity (Wildman–Crippen MR) is 55.6 cm³/mol. The van der Waals surface area contributed by atoms with E-state index in [2.05, 4.69) is 4.74 Å². The van der Waals surface area contributed by atoms with Crippen LogP contribution in [0.2, 0.25) is 0 Å². The van der Waals surface area contributed by atoms with Crippen molar-refractivity contribution < 1.29 is 24.2 Å². The number of hydrogen-bond donors (Lipinski definition) is 1. The summed E-state index contributed by atoms with van der Waals surface area (Å²) in [5, 5.41) is 9.42. The smallest absolute Gasteiger partial charge is 0.379 e. The molecule has 1 rings (SSSR count). The third kappa shape index (κ3) is 2.31. The summed E-state index contributed by atoms with van der Waals surface area (Å²) in [6.45, 7) is 1.72. The van der Waals surface area contributed by atoms with E-state index >= 15 is 0 Å². The summed E-state index contributed by atoms with van der Waals surface area (Å²) in [5.41, 5.74) is -0.0130. The molecule has 86 valence electrons. The molecule has 5 nitrogen and oxygen atoms in total. The van der Waals surface area contributed by atoms with Gasteiger partial charge < -0.3 is 14.6 Å². The van der Waals surface area contributed by atoms with Gasteiger partial charge in [0.15, 0.2) is 11.5 Å². The lowest BCUT2D eigenvalue weighted by Crippen LogP contribution is -2.18. The van der Waals surface area contributed by atoms with E-state index in [-0.39, 0.29) is 23.7 Å². The lowest BCUT2D eigenvalue weighted by molar-refractivity contribution is -0.137. The minimum Gasteiger partial charge on any atom is -0.504 e. The highest BCUT2D eigenvalue weighted by atomic mass is 16.5. The lowest BCUT2D eigenvalue weighted by Gasteiger charge is -2.08. The number of carbonyl (C=O) groups is 2. The molecule has 1 aromatic carbocycles. The monoisotopic (exact) mass is 224 g/mol. The van der Waals surface area contributed by atoms with Gasteiger partial charge >= 0.3 is 5.97 Å². The second-order valence-corrected chi connectivity index (χ2v) is 2.91. The minimum absolute atomic E-state index is 0.0130. The van der Waals surface area contributed by atoms with E-state index in [9.17, 15) is 14.7 Å². The lowest BCUT2D eigenvalue weighted by atomic mass is 10.1. The normalized spacial score (nSPS) is 9.62. The minimum atomic E-state index is -0.966. The molecule has 1 N–H and O–H groups in total. The molecule has 0 unspecified atom stereocenters. The van der Waals surface area contributed by atoms with Crippen LogP contribution in [0.25, 0.3) is 0 Å². The molecule has 1 aromatic rings. The second kappa shape index (κ2) is 5.16. The molecule has 0 saturated carbocycles. The Morgan fingerprint density at radius 3 is 2.62 bits per heavy atom. The fourth-order valence-corrected chi connectivity index (χ4v) is 1.22. The predicted octanol–water partition coefficient (Wildman–Crippen LogP) is 1.15. The maximum absolute atomic E-state index is 11.6. The number of aromatic hydroxyl groups is 1. The van der Waals surface area contributed by atoms with Gasteiger partial charge in [-0.25, -0.2) is 4.79 Å². The molecule has 0 spiro atoms. The Morgan fingerprint density at radius 2 is 2.06 bits per heavy atom. The zero-order valence-corrected chi connectivity index (χ0v) is 9.02. The molecule has 0 aliphatic rings. The van der Waals surface area contributed by atoms with Crippen molar-refractivity contribution in [3.63, 3.8) is 0 Å². The van der Waals surface area contributed by atoms with E-state index in [0.717, 1.165) is 0 Å². The van der Waals surface area contributed by atoms with Crippen molar-refractivity contribution >= 4 is 11.8 Å². The van der Waals surface area contributed by atoms with Gasteiger partial charge in [-0.2, -0.15) is 0 Å². The third-order valence-electron chi connectivity index (χ3n) is 1.90. The highest BCUT2D eigenvalue weighted by Gasteiger charge is 2.22. The Hall–Kier alpha value is -2.04. The van der Waals surface area contributed by atoms with Crippen LogP contribution in [0.1, 0.15) is 17.3 Å². The summed E-state index contributed by atoms with van der Waals surface area (Å²) in [6, 6.07) is 4.20. The summed E-state index contributed by atoms with van der Waals surface area (Å²) in [6.07, 6.45) is 0. The number of phenols is 1. The highest BCUT2D eigenvalue weighted by molar-refractivity contribution is 6.41. The standard InChI is InChI=1S/C11H12O5/c1-3-16-11(14)9(13)7-5-4-6-8(12)10(7)15-2/h4-6,12H,3H2,1-2H3. The zero-order valence-electron chi connectivity index (χ0n) is 9.02. The van der Waals surface area contributed by atoms with Gasteiger partial charge in [0.25, 0.3) is 5.78 Å². The summed E-state index contributed by atoms with van der Waals surface area (Å²) >= 11 is 0. The SMILES string of the molecule is CCOC(=O)C(=O)c1cccc(O)c1OC. The third-order valence-corrected chi connectivity index (χ3v) is 1.90. The van der Waals surface area contributed by atoms with E-state index in [1.54, 1.807) is 6.92 Å². The van der Waals surface area contributed by atoms with Gasteiger partial charge in [0.05, 0.1) is 19.3 Å². The fourth-order valence-electron chi connectivity index (χ4n) is 1.22. The first-order chi connectivity index (χ1) is 7.61. The van der Waals surface area contributed by atoms with Crippen LogP contribution < -0.4 is 4.74 Å². The van der Waals surface area contributed by atoms with Crippen LogP contribution in [-0.2, 0) is 9.53 Å². The van der Waals surface area contributed by atoms with E-state index in [1.165, 1.54) is 25.3 Å². The molecule has 0 amide bonds. The first-order valence-corrected chi connectivity index (χ1v) is 4.69. The Bertz CT molecular complexity index is 411. The molecule has 0 aliphatic heterocycles. The molecule has 0 aliphatic carbocycles. The van der Waals surface area contributed by atoms with Gasteiger partial charge in [-0.1, -0.05) is 6.07 Å². The van der Waals surface area contributed by atoms with Crippen molar-refractivity contribution in [2.75, 3.05) is 13.7 Å². The van der Waals surface area contributed by atoms with Crippen molar-refractivity contribution in [3.05, 3.63) is 23.8 Å². The molecule has 0 bridgehead atoms. The van der Waals surface area contributed by atoms with Crippen molar-refractivity contribution in [1.29, 1.82) is 0 Å². The van der Waals surface area contributed by atoms with Crippen LogP contribution in [0.15, 0.2) is 18.2 Å². The van der Waals surface area contributed by atoms with E-state index < -0.39 is 11.8 Å². The summed E-state index contributed by atoms with van der Waals surface area (Å²) in [5.74, 6) is -2.03. The Labute approximate surface area is 92.6 Å². The van der Waals surface area contributed by atoms with Crippen LogP contribution in [0.5, 0.6) is 11.5 Å². The zero-order chi connectivity index (χ0) is 12.1. The Morgan fingerprint density at radius 1 is 1.38 bits per heavy atom. The average molecular weight is 224 g/mol. The number of ketones is 1. The quantitative estimate of drug-likeness (QED) is 0.471. The molecule has 0 radical (unpaired) electrons. The number of Topliss-reactive ketones (excluding diaryl/α,β-unsaturated/α-hetero) is 1. The van der Waals surface area contributed by atoms with Gasteiger partial charge in [0.1, 0.15) is 0 Å². The van der Waals surface area contributed by atoms with Gasteiger partial charge in [-0.05, 0) is 19.1 Å². The number of esters is 1. The van der Waals surface area contributed by atoms with Crippen molar-refractivity contribution in [3.8, 4) is 11.5 Å². The summed E-state index contributed by atoms with van der Waals surface area (Å²) < 4.78 is 9.42. The maximum Gasteiger partial charge on any atom is 0.379 e. The molecule has 5 heteroatoms. The van der Waals surface area contributed by atoms with Crippen molar-refractivity contribution in [2.24, 2.45) is 0 Å². The van der Waals surface area contributed by atoms with E-state index in [4.69, 9.17) is 4.74 Å². The first-order valence-electron chi connectivity index (χ1n) is 4.69. The van der Waals surface area contributed by atoms with Crippen molar-refractivity contribution in [1.82, 2.24) is 0 Å². The topological polar surface area (TPSA) is 72.8 Å². The van der Waals surface area contributed by atoms with Gasteiger partial charge in [-0.15, -0.1) is 0 Å². The molecular weight excluding hydrogens is 212 g/mol. The largest absolute Gasteiger partial charge is 0.504 e. The maximum atomic E-state index is 11.6. The van der Waals surface area contributed by atoms with Crippen LogP contribution in [0.3, 0.4) is 0 Å². The van der Waals surface area contributed by atoms with Crippen LogP contribution >= 0.6 is 0 Å². The number of para-hydroxylation sites is 1. The summed E-state index contributed by atoms with van der Waals surface area (Å²) in [7, 11) is 1.30. The molecule has 0 aromatic heterocycles. The Kier molecular flexibility index (Phi) is 3.88. The number of rotatable bonds is 4. The first kappa shape index (κ1) is 12.0. The molecule has 0 saturated heterocycles. The number of hydrogen-bond acceptors (Lipinski definition) is 5. The number of methoxy groups -OCH3 is 1. The van der Waals surface area contributed by atoms with Gasteiger partial charge in [0, 0.05) is 0 Å². The van der Waals surface area contributed by atoms with Crippen LogP contribution in [0.4, 0.5) is 0 Å². The molecule has 0 fully saturated rings. The van der Waals surface area contributed by atoms with Crippen LogP contribution in [0, 0.1) is 0 Å². The fraction of sp³-hybridized carbons (Fsp3) is 0.273. The van der Waals surface area contributed by atoms with E-state index in [1.807, 2.05) is 0 Å². The molecule has 16 heavy (non-hydrogen) atoms. The number of phenolic OH excluding ortho intramolecular Hbond substituents is 1. The highest BCUT2D eigenvalue weighted by Crippen LogP contribution is 2.29. The average Bonchev–Trinajstić information content (AvgIpc) is 2.28. The second-order valence-electron chi connectivity index (χ2n) is 2.91. The molecule has 0 atom stereocenters.